The van der Waals surface area contributed by atoms with Gasteiger partial charge in [-0.3, -0.25) is 15.4 Å². The number of aryl methyl sites for hydroxylation is 1. The Bertz CT molecular complexity index is 497. The van der Waals surface area contributed by atoms with E-state index in [1.54, 1.807) is 6.92 Å². The predicted octanol–water partition coefficient (Wildman–Crippen LogP) is 2.38. The summed E-state index contributed by atoms with van der Waals surface area (Å²) >= 11 is 0. The number of hydrogen-bond donors (Lipinski definition) is 3. The molecule has 0 radical (unpaired) electrons. The van der Waals surface area contributed by atoms with Crippen molar-refractivity contribution in [2.75, 3.05) is 7.05 Å². The molecule has 0 heterocycles. The second-order valence-corrected chi connectivity index (χ2v) is 5.77. The van der Waals surface area contributed by atoms with Crippen LogP contribution < -0.4 is 16.0 Å². The monoisotopic (exact) mass is 305 g/mol. The second-order valence-electron chi connectivity index (χ2n) is 5.77. The molecule has 0 fully saturated rings. The standard InChI is InChI=1S/C17H27N3O2/c1-6-13-7-9-14(10-8-13)15(11(2)3)19-12(4)16(21)20-17(22)18-5/h7-12,15,19H,6H2,1-5H3,(H2,18,20,21,22)/t12-,15+/m1/s1. The zero-order valence-electron chi connectivity index (χ0n) is 14.1. The van der Waals surface area contributed by atoms with E-state index in [1.807, 2.05) is 0 Å². The van der Waals surface area contributed by atoms with Gasteiger partial charge in [0.2, 0.25) is 5.91 Å². The molecule has 0 aliphatic carbocycles. The molecule has 1 rings (SSSR count). The number of hydrogen-bond acceptors (Lipinski definition) is 3. The van der Waals surface area contributed by atoms with Gasteiger partial charge >= 0.3 is 6.03 Å². The Kier molecular flexibility index (Phi) is 7.05. The summed E-state index contributed by atoms with van der Waals surface area (Å²) in [7, 11) is 1.48. The van der Waals surface area contributed by atoms with E-state index in [-0.39, 0.29) is 11.9 Å². The molecule has 22 heavy (non-hydrogen) atoms. The number of imide groups is 1. The van der Waals surface area contributed by atoms with Crippen LogP contribution in [0.4, 0.5) is 4.79 Å². The molecule has 2 atom stereocenters. The Labute approximate surface area is 132 Å². The minimum atomic E-state index is -0.493. The number of urea groups is 1. The van der Waals surface area contributed by atoms with Crippen LogP contribution in [0.25, 0.3) is 0 Å². The van der Waals surface area contributed by atoms with Gasteiger partial charge < -0.3 is 5.32 Å². The topological polar surface area (TPSA) is 70.2 Å². The van der Waals surface area contributed by atoms with E-state index < -0.39 is 12.1 Å². The second kappa shape index (κ2) is 8.54. The first-order chi connectivity index (χ1) is 10.4. The fourth-order valence-electron chi connectivity index (χ4n) is 2.26. The summed E-state index contributed by atoms with van der Waals surface area (Å²) in [5, 5.41) is 7.97. The van der Waals surface area contributed by atoms with Crippen LogP contribution in [0, 0.1) is 5.92 Å². The zero-order chi connectivity index (χ0) is 16.7. The Hall–Kier alpha value is -1.88. The Balaban J connectivity index is 2.78. The highest BCUT2D eigenvalue weighted by Crippen LogP contribution is 2.22. The summed E-state index contributed by atoms with van der Waals surface area (Å²) in [5.74, 6) is -0.0158. The average molecular weight is 305 g/mol. The summed E-state index contributed by atoms with van der Waals surface area (Å²) in [6.45, 7) is 8.09. The van der Waals surface area contributed by atoms with Crippen molar-refractivity contribution in [2.24, 2.45) is 5.92 Å². The lowest BCUT2D eigenvalue weighted by Crippen LogP contribution is -2.48. The van der Waals surface area contributed by atoms with Crippen LogP contribution in [0.2, 0.25) is 0 Å². The van der Waals surface area contributed by atoms with Crippen LogP contribution in [0.15, 0.2) is 24.3 Å². The van der Waals surface area contributed by atoms with Gasteiger partial charge in [-0.15, -0.1) is 0 Å². The first-order valence-electron chi connectivity index (χ1n) is 7.76. The molecule has 0 unspecified atom stereocenters. The van der Waals surface area contributed by atoms with E-state index in [0.717, 1.165) is 12.0 Å². The lowest BCUT2D eigenvalue weighted by atomic mass is 9.94. The Morgan fingerprint density at radius 1 is 1.09 bits per heavy atom. The molecular weight excluding hydrogens is 278 g/mol. The highest BCUT2D eigenvalue weighted by Gasteiger charge is 2.22. The third-order valence-corrected chi connectivity index (χ3v) is 3.70. The van der Waals surface area contributed by atoms with E-state index in [0.29, 0.717) is 5.92 Å². The maximum Gasteiger partial charge on any atom is 0.321 e. The summed E-state index contributed by atoms with van der Waals surface area (Å²) in [5.41, 5.74) is 2.43. The third-order valence-electron chi connectivity index (χ3n) is 3.70. The molecule has 5 nitrogen and oxygen atoms in total. The smallest absolute Gasteiger partial charge is 0.321 e. The normalized spacial score (nSPS) is 13.5. The molecule has 1 aromatic carbocycles. The number of nitrogens with one attached hydrogen (secondary N) is 3. The first-order valence-corrected chi connectivity index (χ1v) is 7.76. The van der Waals surface area contributed by atoms with Crippen molar-refractivity contribution in [1.29, 1.82) is 0 Å². The zero-order valence-corrected chi connectivity index (χ0v) is 14.1. The van der Waals surface area contributed by atoms with Crippen LogP contribution in [0.3, 0.4) is 0 Å². The summed E-state index contributed by atoms with van der Waals surface area (Å²) in [6, 6.07) is 7.52. The van der Waals surface area contributed by atoms with Gasteiger partial charge in [0.25, 0.3) is 0 Å². The fourth-order valence-corrected chi connectivity index (χ4v) is 2.26. The van der Waals surface area contributed by atoms with Crippen molar-refractivity contribution in [3.63, 3.8) is 0 Å². The fraction of sp³-hybridized carbons (Fsp3) is 0.529. The summed E-state index contributed by atoms with van der Waals surface area (Å²) in [6.07, 6.45) is 1.00. The van der Waals surface area contributed by atoms with Crippen molar-refractivity contribution >= 4 is 11.9 Å². The lowest BCUT2D eigenvalue weighted by molar-refractivity contribution is -0.121. The molecule has 0 aliphatic rings. The highest BCUT2D eigenvalue weighted by molar-refractivity contribution is 5.96. The molecule has 0 saturated carbocycles. The van der Waals surface area contributed by atoms with E-state index in [2.05, 4.69) is 61.0 Å². The Morgan fingerprint density at radius 2 is 1.68 bits per heavy atom. The third kappa shape index (κ3) is 5.15. The SMILES string of the molecule is CCc1ccc([C@@H](N[C@H](C)C(=O)NC(=O)NC)C(C)C)cc1. The molecule has 5 heteroatoms. The van der Waals surface area contributed by atoms with Crippen molar-refractivity contribution in [1.82, 2.24) is 16.0 Å². The molecule has 0 saturated heterocycles. The van der Waals surface area contributed by atoms with Crippen LogP contribution in [0.5, 0.6) is 0 Å². The van der Waals surface area contributed by atoms with Crippen LogP contribution in [-0.4, -0.2) is 25.0 Å². The van der Waals surface area contributed by atoms with Gasteiger partial charge in [-0.25, -0.2) is 4.79 Å². The minimum Gasteiger partial charge on any atom is -0.341 e. The lowest BCUT2D eigenvalue weighted by Gasteiger charge is -2.26. The van der Waals surface area contributed by atoms with Gasteiger partial charge in [0, 0.05) is 13.1 Å². The molecule has 0 bridgehead atoms. The largest absolute Gasteiger partial charge is 0.341 e. The number of carbonyl (C=O) groups excluding carboxylic acids is 2. The van der Waals surface area contributed by atoms with Crippen molar-refractivity contribution in [3.8, 4) is 0 Å². The highest BCUT2D eigenvalue weighted by atomic mass is 16.2. The molecule has 3 N–H and O–H groups in total. The van der Waals surface area contributed by atoms with Gasteiger partial charge in [0.1, 0.15) is 0 Å². The van der Waals surface area contributed by atoms with Gasteiger partial charge in [0.05, 0.1) is 6.04 Å². The van der Waals surface area contributed by atoms with E-state index in [4.69, 9.17) is 0 Å². The number of rotatable bonds is 6. The molecule has 0 spiro atoms. The van der Waals surface area contributed by atoms with Gasteiger partial charge in [-0.1, -0.05) is 45.0 Å². The van der Waals surface area contributed by atoms with Crippen molar-refractivity contribution < 1.29 is 9.59 Å². The van der Waals surface area contributed by atoms with Crippen LogP contribution >= 0.6 is 0 Å². The Morgan fingerprint density at radius 3 is 2.14 bits per heavy atom. The number of amides is 3. The molecule has 122 valence electrons. The summed E-state index contributed by atoms with van der Waals surface area (Å²) < 4.78 is 0. The number of carbonyl (C=O) groups is 2. The van der Waals surface area contributed by atoms with Gasteiger partial charge in [-0.2, -0.15) is 0 Å². The first kappa shape index (κ1) is 18.2. The maximum absolute atomic E-state index is 12.0. The molecule has 0 aromatic heterocycles. The summed E-state index contributed by atoms with van der Waals surface area (Å²) in [4.78, 5) is 23.2. The van der Waals surface area contributed by atoms with Gasteiger partial charge in [-0.05, 0) is 30.4 Å². The molecule has 0 aliphatic heterocycles. The average Bonchev–Trinajstić information content (AvgIpc) is 2.51. The van der Waals surface area contributed by atoms with Crippen LogP contribution in [0.1, 0.15) is 44.9 Å². The molecule has 1 aromatic rings. The molecular formula is C17H27N3O2. The van der Waals surface area contributed by atoms with E-state index in [9.17, 15) is 9.59 Å². The van der Waals surface area contributed by atoms with Gasteiger partial charge in [0.15, 0.2) is 0 Å². The van der Waals surface area contributed by atoms with E-state index in [1.165, 1.54) is 12.6 Å². The van der Waals surface area contributed by atoms with Crippen molar-refractivity contribution in [2.45, 2.75) is 46.2 Å². The number of benzene rings is 1. The maximum atomic E-state index is 12.0. The molecule has 3 amide bonds. The quantitative estimate of drug-likeness (QED) is 0.756. The van der Waals surface area contributed by atoms with E-state index >= 15 is 0 Å². The minimum absolute atomic E-state index is 0.0522. The predicted molar refractivity (Wildman–Crippen MR) is 88.6 cm³/mol. The van der Waals surface area contributed by atoms with Crippen molar-refractivity contribution in [3.05, 3.63) is 35.4 Å². The van der Waals surface area contributed by atoms with Crippen LogP contribution in [-0.2, 0) is 11.2 Å².